The maximum absolute atomic E-state index is 4.25. The molecule has 4 nitrogen and oxygen atoms in total. The molecule has 0 saturated heterocycles. The molecule has 0 saturated carbocycles. The summed E-state index contributed by atoms with van der Waals surface area (Å²) < 4.78 is 3.78. The molecule has 0 aliphatic rings. The van der Waals surface area contributed by atoms with E-state index >= 15 is 0 Å². The number of rotatable bonds is 2. The van der Waals surface area contributed by atoms with Crippen LogP contribution in [0.2, 0.25) is 0 Å². The van der Waals surface area contributed by atoms with Crippen LogP contribution in [-0.2, 0) is 0 Å². The Labute approximate surface area is 174 Å². The van der Waals surface area contributed by atoms with Crippen LogP contribution in [-0.4, -0.2) is 19.6 Å². The minimum absolute atomic E-state index is 1.12. The standard InChI is InChI=1S/2C13H10N2/c2*1-2-7-12-11(5-1)6-3-8-13(12)15-10-4-9-14-15/h2*1-10H. The van der Waals surface area contributed by atoms with E-state index < -0.39 is 0 Å². The zero-order chi connectivity index (χ0) is 20.2. The first kappa shape index (κ1) is 17.9. The second-order valence-corrected chi connectivity index (χ2v) is 6.90. The van der Waals surface area contributed by atoms with Gasteiger partial charge in [-0.05, 0) is 35.0 Å². The number of hydrogen-bond acceptors (Lipinski definition) is 2. The van der Waals surface area contributed by atoms with Gasteiger partial charge in [0.25, 0.3) is 0 Å². The summed E-state index contributed by atoms with van der Waals surface area (Å²) in [6, 6.07) is 33.0. The van der Waals surface area contributed by atoms with Gasteiger partial charge < -0.3 is 0 Å². The van der Waals surface area contributed by atoms with E-state index in [0.717, 1.165) is 11.4 Å². The van der Waals surface area contributed by atoms with Crippen molar-refractivity contribution >= 4 is 21.5 Å². The molecular formula is C26H20N4. The second-order valence-electron chi connectivity index (χ2n) is 6.90. The highest BCUT2D eigenvalue weighted by Gasteiger charge is 2.02. The van der Waals surface area contributed by atoms with E-state index in [9.17, 15) is 0 Å². The van der Waals surface area contributed by atoms with Gasteiger partial charge in [-0.15, -0.1) is 0 Å². The molecule has 30 heavy (non-hydrogen) atoms. The molecule has 0 atom stereocenters. The third kappa shape index (κ3) is 3.47. The van der Waals surface area contributed by atoms with E-state index in [0.29, 0.717) is 0 Å². The maximum atomic E-state index is 4.25. The lowest BCUT2D eigenvalue weighted by Gasteiger charge is -2.05. The molecular weight excluding hydrogens is 368 g/mol. The summed E-state index contributed by atoms with van der Waals surface area (Å²) >= 11 is 0. The van der Waals surface area contributed by atoms with Crippen molar-refractivity contribution in [2.24, 2.45) is 0 Å². The number of hydrogen-bond donors (Lipinski definition) is 0. The normalized spacial score (nSPS) is 10.7. The van der Waals surface area contributed by atoms with E-state index in [-0.39, 0.29) is 0 Å². The van der Waals surface area contributed by atoms with E-state index in [2.05, 4.69) is 95.1 Å². The maximum Gasteiger partial charge on any atom is 0.0723 e. The first-order valence-corrected chi connectivity index (χ1v) is 9.86. The number of nitrogens with zero attached hydrogens (tertiary/aromatic N) is 4. The third-order valence-electron chi connectivity index (χ3n) is 5.04. The first-order chi connectivity index (χ1) is 14.9. The molecule has 0 unspecified atom stereocenters. The van der Waals surface area contributed by atoms with Gasteiger partial charge >= 0.3 is 0 Å². The van der Waals surface area contributed by atoms with Crippen LogP contribution >= 0.6 is 0 Å². The quantitative estimate of drug-likeness (QED) is 0.362. The van der Waals surface area contributed by atoms with Crippen molar-refractivity contribution in [1.29, 1.82) is 0 Å². The molecule has 0 amide bonds. The van der Waals surface area contributed by atoms with Crippen molar-refractivity contribution < 1.29 is 0 Å². The largest absolute Gasteiger partial charge is 0.240 e. The molecule has 0 aliphatic carbocycles. The van der Waals surface area contributed by atoms with Gasteiger partial charge in [-0.2, -0.15) is 10.2 Å². The van der Waals surface area contributed by atoms with Gasteiger partial charge in [-0.3, -0.25) is 0 Å². The number of benzene rings is 4. The predicted octanol–water partition coefficient (Wildman–Crippen LogP) is 6.05. The molecule has 4 aromatic carbocycles. The van der Waals surface area contributed by atoms with Gasteiger partial charge in [-0.25, -0.2) is 9.36 Å². The Bertz CT molecular complexity index is 1260. The van der Waals surface area contributed by atoms with Gasteiger partial charge in [0.2, 0.25) is 0 Å². The van der Waals surface area contributed by atoms with E-state index in [1.165, 1.54) is 21.5 Å². The number of aromatic nitrogens is 4. The van der Waals surface area contributed by atoms with Gasteiger partial charge in [-0.1, -0.05) is 72.8 Å². The molecule has 0 aliphatic heterocycles. The van der Waals surface area contributed by atoms with Gasteiger partial charge in [0.15, 0.2) is 0 Å². The Hall–Kier alpha value is -4.18. The van der Waals surface area contributed by atoms with Gasteiger partial charge in [0.05, 0.1) is 11.4 Å². The molecule has 144 valence electrons. The molecule has 0 bridgehead atoms. The highest BCUT2D eigenvalue weighted by atomic mass is 15.3. The zero-order valence-corrected chi connectivity index (χ0v) is 16.3. The van der Waals surface area contributed by atoms with Crippen LogP contribution in [0.3, 0.4) is 0 Å². The molecule has 0 N–H and O–H groups in total. The lowest BCUT2D eigenvalue weighted by atomic mass is 10.1. The molecule has 4 heteroatoms. The molecule has 6 rings (SSSR count). The molecule has 2 heterocycles. The lowest BCUT2D eigenvalue weighted by Crippen LogP contribution is -1.94. The van der Waals surface area contributed by atoms with Crippen molar-refractivity contribution in [3.63, 3.8) is 0 Å². The molecule has 6 aromatic rings. The van der Waals surface area contributed by atoms with Crippen LogP contribution in [0.25, 0.3) is 32.9 Å². The van der Waals surface area contributed by atoms with Gasteiger partial charge in [0, 0.05) is 35.6 Å². The summed E-state index contributed by atoms with van der Waals surface area (Å²) in [7, 11) is 0. The van der Waals surface area contributed by atoms with Crippen LogP contribution < -0.4 is 0 Å². The fourth-order valence-corrected chi connectivity index (χ4v) is 3.64. The van der Waals surface area contributed by atoms with Crippen molar-refractivity contribution in [3.05, 3.63) is 122 Å². The highest BCUT2D eigenvalue weighted by molar-refractivity contribution is 5.90. The molecule has 0 fully saturated rings. The van der Waals surface area contributed by atoms with Crippen molar-refractivity contribution in [2.75, 3.05) is 0 Å². The average Bonchev–Trinajstić information content (AvgIpc) is 3.53. The summed E-state index contributed by atoms with van der Waals surface area (Å²) in [6.45, 7) is 0. The molecule has 0 spiro atoms. The summed E-state index contributed by atoms with van der Waals surface area (Å²) in [5.41, 5.74) is 2.25. The minimum Gasteiger partial charge on any atom is -0.240 e. The van der Waals surface area contributed by atoms with E-state index in [1.54, 1.807) is 12.4 Å². The minimum atomic E-state index is 1.12. The Morgan fingerprint density at radius 3 is 1.30 bits per heavy atom. The smallest absolute Gasteiger partial charge is 0.0723 e. The lowest BCUT2D eigenvalue weighted by molar-refractivity contribution is 0.888. The first-order valence-electron chi connectivity index (χ1n) is 9.86. The summed E-state index contributed by atoms with van der Waals surface area (Å²) in [5, 5.41) is 13.4. The topological polar surface area (TPSA) is 35.6 Å². The van der Waals surface area contributed by atoms with E-state index in [4.69, 9.17) is 0 Å². The Kier molecular flexibility index (Phi) is 4.80. The van der Waals surface area contributed by atoms with Gasteiger partial charge in [0.1, 0.15) is 0 Å². The number of fused-ring (bicyclic) bond motifs is 2. The van der Waals surface area contributed by atoms with Crippen LogP contribution in [0.15, 0.2) is 122 Å². The average molecular weight is 388 g/mol. The monoisotopic (exact) mass is 388 g/mol. The molecule has 2 aromatic heterocycles. The van der Waals surface area contributed by atoms with Crippen molar-refractivity contribution in [2.45, 2.75) is 0 Å². The second kappa shape index (κ2) is 8.05. The SMILES string of the molecule is c1ccc2c(-n3cccn3)cccc2c1.c1ccc2c(-n3cccn3)cccc2c1. The van der Waals surface area contributed by atoms with E-state index in [1.807, 2.05) is 33.9 Å². The Morgan fingerprint density at radius 2 is 0.867 bits per heavy atom. The zero-order valence-electron chi connectivity index (χ0n) is 16.3. The summed E-state index contributed by atoms with van der Waals surface area (Å²) in [4.78, 5) is 0. The third-order valence-corrected chi connectivity index (χ3v) is 5.04. The summed E-state index contributed by atoms with van der Waals surface area (Å²) in [5.74, 6) is 0. The van der Waals surface area contributed by atoms with Crippen molar-refractivity contribution in [1.82, 2.24) is 19.6 Å². The van der Waals surface area contributed by atoms with Crippen molar-refractivity contribution in [3.8, 4) is 11.4 Å². The fraction of sp³-hybridized carbons (Fsp3) is 0. The van der Waals surface area contributed by atoms with Crippen LogP contribution in [0.4, 0.5) is 0 Å². The predicted molar refractivity (Wildman–Crippen MR) is 122 cm³/mol. The van der Waals surface area contributed by atoms with Crippen LogP contribution in [0.1, 0.15) is 0 Å². The Morgan fingerprint density at radius 1 is 0.433 bits per heavy atom. The van der Waals surface area contributed by atoms with Crippen LogP contribution in [0, 0.1) is 0 Å². The Balaban J connectivity index is 0.000000128. The van der Waals surface area contributed by atoms with Crippen LogP contribution in [0.5, 0.6) is 0 Å². The highest BCUT2D eigenvalue weighted by Crippen LogP contribution is 2.22. The fourth-order valence-electron chi connectivity index (χ4n) is 3.64. The summed E-state index contributed by atoms with van der Waals surface area (Å²) in [6.07, 6.45) is 7.51. The molecule has 0 radical (unpaired) electrons.